The lowest BCUT2D eigenvalue weighted by Crippen LogP contribution is -2.12. The van der Waals surface area contributed by atoms with E-state index in [9.17, 15) is 0 Å². The number of fused-ring (bicyclic) bond motifs is 4. The van der Waals surface area contributed by atoms with E-state index >= 15 is 0 Å². The topological polar surface area (TPSA) is 16.4 Å². The van der Waals surface area contributed by atoms with Gasteiger partial charge in [-0.15, -0.1) is 0 Å². The van der Waals surface area contributed by atoms with Crippen LogP contribution < -0.4 is 4.90 Å². The zero-order valence-corrected chi connectivity index (χ0v) is 18.4. The average Bonchev–Trinajstić information content (AvgIpc) is 3.08. The minimum absolute atomic E-state index is 0.941. The van der Waals surface area contributed by atoms with Gasteiger partial charge in [0.05, 0.1) is 11.4 Å². The third-order valence-corrected chi connectivity index (χ3v) is 6.48. The molecule has 0 saturated carbocycles. The lowest BCUT2D eigenvalue weighted by atomic mass is 10.0. The molecule has 0 unspecified atom stereocenters. The minimum atomic E-state index is 0.941. The molecule has 1 aliphatic rings. The van der Waals surface area contributed by atoms with Gasteiger partial charge < -0.3 is 4.42 Å². The summed E-state index contributed by atoms with van der Waals surface area (Å²) in [4.78, 5) is 2.34. The Morgan fingerprint density at radius 3 is 2.31 bits per heavy atom. The van der Waals surface area contributed by atoms with Crippen LogP contribution in [0.4, 0.5) is 17.3 Å². The molecule has 0 aliphatic carbocycles. The van der Waals surface area contributed by atoms with Gasteiger partial charge in [-0.1, -0.05) is 77.9 Å². The predicted octanol–water partition coefficient (Wildman–Crippen LogP) is 8.29. The fraction of sp³-hybridized carbons (Fsp3) is 0.133. The van der Waals surface area contributed by atoms with E-state index < -0.39 is 0 Å². The van der Waals surface area contributed by atoms with Gasteiger partial charge in [0.15, 0.2) is 0 Å². The smallest absolute Gasteiger partial charge is 0.209 e. The van der Waals surface area contributed by atoms with Gasteiger partial charge in [0, 0.05) is 16.5 Å². The molecule has 2 heterocycles. The molecule has 1 aromatic heterocycles. The zero-order valence-electron chi connectivity index (χ0n) is 18.4. The van der Waals surface area contributed by atoms with Crippen LogP contribution in [0.15, 0.2) is 95.4 Å². The summed E-state index contributed by atoms with van der Waals surface area (Å²) in [6.07, 6.45) is 1.96. The highest BCUT2D eigenvalue weighted by Gasteiger charge is 2.29. The largest absolute Gasteiger partial charge is 0.439 e. The predicted molar refractivity (Wildman–Crippen MR) is 133 cm³/mol. The molecule has 4 aromatic carbocycles. The summed E-state index contributed by atoms with van der Waals surface area (Å²) < 4.78 is 6.60. The van der Waals surface area contributed by atoms with E-state index in [2.05, 4.69) is 110 Å². The number of rotatable bonds is 2. The second kappa shape index (κ2) is 7.42. The zero-order chi connectivity index (χ0) is 21.7. The number of aryl methyl sites for hydroxylation is 4. The monoisotopic (exact) mass is 415 g/mol. The summed E-state index contributed by atoms with van der Waals surface area (Å²) in [5.41, 5.74) is 10.9. The van der Waals surface area contributed by atoms with E-state index in [1.807, 2.05) is 0 Å². The molecule has 2 heteroatoms. The molecule has 1 aliphatic heterocycles. The second-order valence-electron chi connectivity index (χ2n) is 8.74. The Labute approximate surface area is 188 Å². The summed E-state index contributed by atoms with van der Waals surface area (Å²) in [5, 5.41) is 1.23. The molecule has 0 fully saturated rings. The van der Waals surface area contributed by atoms with Crippen LogP contribution >= 0.6 is 0 Å². The van der Waals surface area contributed by atoms with Gasteiger partial charge in [0.2, 0.25) is 5.88 Å². The van der Waals surface area contributed by atoms with Gasteiger partial charge in [-0.2, -0.15) is 0 Å². The molecule has 0 N–H and O–H groups in total. The van der Waals surface area contributed by atoms with Gasteiger partial charge in [-0.3, -0.25) is 4.90 Å². The van der Waals surface area contributed by atoms with Gasteiger partial charge in [0.25, 0.3) is 0 Å². The van der Waals surface area contributed by atoms with E-state index in [0.717, 1.165) is 30.0 Å². The lowest BCUT2D eigenvalue weighted by Gasteiger charge is -2.26. The van der Waals surface area contributed by atoms with Crippen molar-refractivity contribution < 1.29 is 4.42 Å². The Kier molecular flexibility index (Phi) is 4.39. The first-order valence-electron chi connectivity index (χ1n) is 11.3. The van der Waals surface area contributed by atoms with Crippen LogP contribution in [0.3, 0.4) is 0 Å². The maximum absolute atomic E-state index is 6.60. The summed E-state index contributed by atoms with van der Waals surface area (Å²) >= 11 is 0. The highest BCUT2D eigenvalue weighted by atomic mass is 16.4. The number of furan rings is 1. The average molecular weight is 416 g/mol. The first-order valence-corrected chi connectivity index (χ1v) is 11.3. The Hall–Kier alpha value is -3.78. The second-order valence-corrected chi connectivity index (χ2v) is 8.74. The molecular weight excluding hydrogens is 390 g/mol. The minimum Gasteiger partial charge on any atom is -0.439 e. The van der Waals surface area contributed by atoms with E-state index in [1.165, 1.54) is 44.5 Å². The molecule has 0 spiro atoms. The Bertz CT molecular complexity index is 1440. The number of hydrogen-bond acceptors (Lipinski definition) is 2. The van der Waals surface area contributed by atoms with Crippen LogP contribution in [0.5, 0.6) is 0 Å². The molecule has 5 aromatic rings. The van der Waals surface area contributed by atoms with Crippen LogP contribution in [-0.4, -0.2) is 0 Å². The molecule has 0 radical (unpaired) electrons. The molecule has 156 valence electrons. The Morgan fingerprint density at radius 2 is 1.44 bits per heavy atom. The third kappa shape index (κ3) is 3.03. The van der Waals surface area contributed by atoms with Gasteiger partial charge in [-0.25, -0.2) is 0 Å². The van der Waals surface area contributed by atoms with Gasteiger partial charge >= 0.3 is 0 Å². The molecule has 6 rings (SSSR count). The van der Waals surface area contributed by atoms with E-state index in [0.29, 0.717) is 0 Å². The maximum Gasteiger partial charge on any atom is 0.209 e. The summed E-state index contributed by atoms with van der Waals surface area (Å²) in [5.74, 6) is 0.941. The van der Waals surface area contributed by atoms with Crippen LogP contribution in [0, 0.1) is 13.8 Å². The van der Waals surface area contributed by atoms with Crippen LogP contribution in [-0.2, 0) is 12.8 Å². The Balaban J connectivity index is 1.67. The number of anilines is 3. The Morgan fingerprint density at radius 1 is 0.688 bits per heavy atom. The van der Waals surface area contributed by atoms with Gasteiger partial charge in [-0.05, 0) is 62.1 Å². The van der Waals surface area contributed by atoms with Crippen molar-refractivity contribution in [1.82, 2.24) is 0 Å². The summed E-state index contributed by atoms with van der Waals surface area (Å²) in [6.45, 7) is 4.32. The van der Waals surface area contributed by atoms with Crippen molar-refractivity contribution in [3.8, 4) is 11.1 Å². The normalized spacial score (nSPS) is 13.0. The van der Waals surface area contributed by atoms with Crippen molar-refractivity contribution in [2.45, 2.75) is 26.7 Å². The quantitative estimate of drug-likeness (QED) is 0.288. The van der Waals surface area contributed by atoms with Crippen molar-refractivity contribution in [3.05, 3.63) is 113 Å². The number of benzene rings is 4. The van der Waals surface area contributed by atoms with E-state index in [-0.39, 0.29) is 0 Å². The number of nitrogens with zero attached hydrogens (tertiary/aromatic N) is 1. The molecule has 0 bridgehead atoms. The number of hydrogen-bond donors (Lipinski definition) is 0. The maximum atomic E-state index is 6.60. The van der Waals surface area contributed by atoms with Crippen molar-refractivity contribution in [2.75, 3.05) is 4.90 Å². The highest BCUT2D eigenvalue weighted by Crippen LogP contribution is 2.48. The summed E-state index contributed by atoms with van der Waals surface area (Å²) in [7, 11) is 0. The first-order chi connectivity index (χ1) is 15.7. The van der Waals surface area contributed by atoms with Crippen molar-refractivity contribution in [3.63, 3.8) is 0 Å². The molecule has 0 amide bonds. The summed E-state index contributed by atoms with van der Waals surface area (Å²) in [6, 6.07) is 32.5. The third-order valence-electron chi connectivity index (χ3n) is 6.48. The molecule has 2 nitrogen and oxygen atoms in total. The molecule has 32 heavy (non-hydrogen) atoms. The van der Waals surface area contributed by atoms with Crippen LogP contribution in [0.2, 0.25) is 0 Å². The SMILES string of the molecule is Cc1ccc2c(c1)CCc1c(oc3ccc(C)cc13)N2c1ccccc1-c1ccccc1. The van der Waals surface area contributed by atoms with Crippen molar-refractivity contribution in [2.24, 2.45) is 0 Å². The van der Waals surface area contributed by atoms with Crippen LogP contribution in [0.1, 0.15) is 22.3 Å². The molecule has 0 saturated heterocycles. The first kappa shape index (κ1) is 18.9. The number of para-hydroxylation sites is 1. The van der Waals surface area contributed by atoms with Gasteiger partial charge in [0.1, 0.15) is 5.58 Å². The van der Waals surface area contributed by atoms with E-state index in [4.69, 9.17) is 4.42 Å². The fourth-order valence-corrected chi connectivity index (χ4v) is 4.94. The van der Waals surface area contributed by atoms with Crippen molar-refractivity contribution in [1.29, 1.82) is 0 Å². The fourth-order valence-electron chi connectivity index (χ4n) is 4.94. The molecular formula is C30H25NO. The standard InChI is InChI=1S/C30H25NO/c1-20-12-16-27-23(18-20)14-15-25-26-19-21(2)13-17-29(26)32-30(25)31(27)28-11-7-6-10-24(28)22-8-4-3-5-9-22/h3-13,16-19H,14-15H2,1-2H3. The van der Waals surface area contributed by atoms with Crippen LogP contribution in [0.25, 0.3) is 22.1 Å². The van der Waals surface area contributed by atoms with E-state index in [1.54, 1.807) is 0 Å². The lowest BCUT2D eigenvalue weighted by molar-refractivity contribution is 0.617. The molecule has 0 atom stereocenters. The van der Waals surface area contributed by atoms with Crippen molar-refractivity contribution >= 4 is 28.2 Å². The highest BCUT2D eigenvalue weighted by molar-refractivity contribution is 5.94.